The summed E-state index contributed by atoms with van der Waals surface area (Å²) in [5.74, 6) is 0. The highest BCUT2D eigenvalue weighted by Gasteiger charge is 2.23. The van der Waals surface area contributed by atoms with Crippen LogP contribution in [0.15, 0.2) is 18.2 Å². The summed E-state index contributed by atoms with van der Waals surface area (Å²) < 4.78 is 0. The first-order valence-corrected chi connectivity index (χ1v) is 7.25. The molecule has 18 heavy (non-hydrogen) atoms. The lowest BCUT2D eigenvalue weighted by Crippen LogP contribution is -2.29. The molecule has 1 aromatic rings. The predicted molar refractivity (Wildman–Crippen MR) is 79.5 cm³/mol. The number of nitrogens with zero attached hydrogens (tertiary/aromatic N) is 1. The molecule has 1 unspecified atom stereocenters. The van der Waals surface area contributed by atoms with Crippen LogP contribution in [0.4, 0.5) is 5.69 Å². The fourth-order valence-corrected chi connectivity index (χ4v) is 2.83. The second-order valence-electron chi connectivity index (χ2n) is 5.46. The van der Waals surface area contributed by atoms with E-state index in [1.807, 2.05) is 6.07 Å². The van der Waals surface area contributed by atoms with Gasteiger partial charge in [0, 0.05) is 41.4 Å². The average molecular weight is 267 g/mol. The molecular weight excluding hydrogens is 244 g/mol. The van der Waals surface area contributed by atoms with Crippen LogP contribution in [0, 0.1) is 0 Å². The first-order chi connectivity index (χ1) is 8.59. The van der Waals surface area contributed by atoms with Crippen molar-refractivity contribution in [2.45, 2.75) is 52.2 Å². The quantitative estimate of drug-likeness (QED) is 0.891. The third-order valence-corrected chi connectivity index (χ3v) is 4.00. The molecule has 0 radical (unpaired) electrons. The molecule has 1 N–H and O–H groups in total. The largest absolute Gasteiger partial charge is 0.369 e. The summed E-state index contributed by atoms with van der Waals surface area (Å²) in [4.78, 5) is 2.49. The molecule has 2 nitrogen and oxygen atoms in total. The Labute approximate surface area is 115 Å². The van der Waals surface area contributed by atoms with Gasteiger partial charge in [0.05, 0.1) is 0 Å². The molecule has 0 aromatic heterocycles. The molecule has 1 heterocycles. The Balaban J connectivity index is 2.25. The summed E-state index contributed by atoms with van der Waals surface area (Å²) in [6.45, 7) is 8.61. The average Bonchev–Trinajstić information content (AvgIpc) is 2.73. The second-order valence-corrected chi connectivity index (χ2v) is 5.86. The summed E-state index contributed by atoms with van der Waals surface area (Å²) in [5.41, 5.74) is 2.54. The molecule has 1 saturated heterocycles. The molecule has 100 valence electrons. The fraction of sp³-hybridized carbons (Fsp3) is 0.600. The van der Waals surface area contributed by atoms with Crippen LogP contribution in [0.5, 0.6) is 0 Å². The highest BCUT2D eigenvalue weighted by atomic mass is 35.5. The third kappa shape index (κ3) is 2.99. The Morgan fingerprint density at radius 2 is 2.22 bits per heavy atom. The van der Waals surface area contributed by atoms with E-state index in [-0.39, 0.29) is 0 Å². The van der Waals surface area contributed by atoms with Crippen LogP contribution in [-0.4, -0.2) is 18.6 Å². The van der Waals surface area contributed by atoms with Crippen molar-refractivity contribution in [1.29, 1.82) is 0 Å². The topological polar surface area (TPSA) is 15.3 Å². The Hall–Kier alpha value is -0.730. The zero-order valence-electron chi connectivity index (χ0n) is 11.5. The predicted octanol–water partition coefficient (Wildman–Crippen LogP) is 3.83. The second kappa shape index (κ2) is 5.94. The highest BCUT2D eigenvalue weighted by molar-refractivity contribution is 6.31. The van der Waals surface area contributed by atoms with E-state index in [2.05, 4.69) is 43.1 Å². The highest BCUT2D eigenvalue weighted by Crippen LogP contribution is 2.32. The summed E-state index contributed by atoms with van der Waals surface area (Å²) >= 11 is 6.37. The molecule has 1 atom stereocenters. The Kier molecular flexibility index (Phi) is 4.52. The molecule has 0 saturated carbocycles. The van der Waals surface area contributed by atoms with Gasteiger partial charge in [0.15, 0.2) is 0 Å². The standard InChI is InChI=1S/C15H23ClN2/c1-11(2)17-10-13-14(16)7-4-8-15(13)18-9-5-6-12(18)3/h4,7-8,11-12,17H,5-6,9-10H2,1-3H3. The van der Waals surface area contributed by atoms with Crippen molar-refractivity contribution in [1.82, 2.24) is 5.32 Å². The summed E-state index contributed by atoms with van der Waals surface area (Å²) in [6.07, 6.45) is 2.56. The van der Waals surface area contributed by atoms with Gasteiger partial charge in [-0.3, -0.25) is 0 Å². The first kappa shape index (κ1) is 13.7. The van der Waals surface area contributed by atoms with Gasteiger partial charge in [-0.2, -0.15) is 0 Å². The van der Waals surface area contributed by atoms with Crippen molar-refractivity contribution < 1.29 is 0 Å². The van der Waals surface area contributed by atoms with E-state index < -0.39 is 0 Å². The van der Waals surface area contributed by atoms with Crippen LogP contribution in [0.3, 0.4) is 0 Å². The Morgan fingerprint density at radius 3 is 2.83 bits per heavy atom. The maximum Gasteiger partial charge on any atom is 0.0471 e. The van der Waals surface area contributed by atoms with Gasteiger partial charge in [-0.25, -0.2) is 0 Å². The van der Waals surface area contributed by atoms with Gasteiger partial charge < -0.3 is 10.2 Å². The maximum absolute atomic E-state index is 6.37. The smallest absolute Gasteiger partial charge is 0.0471 e. The van der Waals surface area contributed by atoms with E-state index in [0.29, 0.717) is 12.1 Å². The molecule has 1 fully saturated rings. The van der Waals surface area contributed by atoms with Crippen LogP contribution in [0.25, 0.3) is 0 Å². The van der Waals surface area contributed by atoms with Gasteiger partial charge in [-0.05, 0) is 31.9 Å². The van der Waals surface area contributed by atoms with Crippen molar-refractivity contribution >= 4 is 17.3 Å². The normalized spacial score (nSPS) is 19.8. The number of halogens is 1. The number of nitrogens with one attached hydrogen (secondary N) is 1. The lowest BCUT2D eigenvalue weighted by Gasteiger charge is -2.27. The van der Waals surface area contributed by atoms with Crippen LogP contribution in [0.1, 0.15) is 39.2 Å². The minimum atomic E-state index is 0.477. The van der Waals surface area contributed by atoms with E-state index in [4.69, 9.17) is 11.6 Å². The molecule has 1 aliphatic heterocycles. The van der Waals surface area contributed by atoms with Gasteiger partial charge >= 0.3 is 0 Å². The number of rotatable bonds is 4. The van der Waals surface area contributed by atoms with E-state index in [1.54, 1.807) is 0 Å². The van der Waals surface area contributed by atoms with Gasteiger partial charge in [0.2, 0.25) is 0 Å². The van der Waals surface area contributed by atoms with Crippen LogP contribution in [0.2, 0.25) is 5.02 Å². The maximum atomic E-state index is 6.37. The number of hydrogen-bond donors (Lipinski definition) is 1. The lowest BCUT2D eigenvalue weighted by atomic mass is 10.1. The van der Waals surface area contributed by atoms with E-state index >= 15 is 0 Å². The van der Waals surface area contributed by atoms with E-state index in [9.17, 15) is 0 Å². The molecule has 0 bridgehead atoms. The summed E-state index contributed by atoms with van der Waals surface area (Å²) in [5, 5.41) is 4.34. The van der Waals surface area contributed by atoms with Gasteiger partial charge in [-0.1, -0.05) is 31.5 Å². The molecular formula is C15H23ClN2. The van der Waals surface area contributed by atoms with E-state index in [0.717, 1.165) is 18.1 Å². The summed E-state index contributed by atoms with van der Waals surface area (Å²) in [7, 11) is 0. The van der Waals surface area contributed by atoms with E-state index in [1.165, 1.54) is 24.1 Å². The van der Waals surface area contributed by atoms with Crippen LogP contribution in [-0.2, 0) is 6.54 Å². The van der Waals surface area contributed by atoms with Gasteiger partial charge in [0.1, 0.15) is 0 Å². The number of benzene rings is 1. The van der Waals surface area contributed by atoms with Gasteiger partial charge in [-0.15, -0.1) is 0 Å². The third-order valence-electron chi connectivity index (χ3n) is 3.64. The minimum Gasteiger partial charge on any atom is -0.369 e. The molecule has 0 amide bonds. The zero-order valence-corrected chi connectivity index (χ0v) is 12.3. The van der Waals surface area contributed by atoms with Crippen molar-refractivity contribution in [3.05, 3.63) is 28.8 Å². The minimum absolute atomic E-state index is 0.477. The van der Waals surface area contributed by atoms with Crippen LogP contribution < -0.4 is 10.2 Å². The van der Waals surface area contributed by atoms with Crippen molar-refractivity contribution in [2.24, 2.45) is 0 Å². The van der Waals surface area contributed by atoms with Crippen molar-refractivity contribution in [3.8, 4) is 0 Å². The Morgan fingerprint density at radius 1 is 1.44 bits per heavy atom. The van der Waals surface area contributed by atoms with Crippen LogP contribution >= 0.6 is 11.6 Å². The molecule has 0 aliphatic carbocycles. The molecule has 1 aromatic carbocycles. The molecule has 1 aliphatic rings. The molecule has 2 rings (SSSR count). The SMILES string of the molecule is CC(C)NCc1c(Cl)cccc1N1CCCC1C. The number of hydrogen-bond acceptors (Lipinski definition) is 2. The molecule has 0 spiro atoms. The fourth-order valence-electron chi connectivity index (χ4n) is 2.59. The molecule has 3 heteroatoms. The monoisotopic (exact) mass is 266 g/mol. The van der Waals surface area contributed by atoms with Crippen molar-refractivity contribution in [3.63, 3.8) is 0 Å². The van der Waals surface area contributed by atoms with Gasteiger partial charge in [0.25, 0.3) is 0 Å². The van der Waals surface area contributed by atoms with Crippen molar-refractivity contribution in [2.75, 3.05) is 11.4 Å². The summed E-state index contributed by atoms with van der Waals surface area (Å²) in [6, 6.07) is 7.35. The lowest BCUT2D eigenvalue weighted by molar-refractivity contribution is 0.587. The zero-order chi connectivity index (χ0) is 13.1. The Bertz CT molecular complexity index is 403. The first-order valence-electron chi connectivity index (χ1n) is 6.87. The number of anilines is 1.